The van der Waals surface area contributed by atoms with Crippen molar-refractivity contribution in [3.63, 3.8) is 0 Å². The molecule has 2 aromatic carbocycles. The summed E-state index contributed by atoms with van der Waals surface area (Å²) >= 11 is 0. The predicted molar refractivity (Wildman–Crippen MR) is 114 cm³/mol. The van der Waals surface area contributed by atoms with Crippen LogP contribution in [0.3, 0.4) is 0 Å². The van der Waals surface area contributed by atoms with Gasteiger partial charge in [-0.1, -0.05) is 24.3 Å². The van der Waals surface area contributed by atoms with Crippen molar-refractivity contribution in [2.24, 2.45) is 0 Å². The van der Waals surface area contributed by atoms with E-state index < -0.39 is 0 Å². The number of nitrogens with zero attached hydrogens (tertiary/aromatic N) is 2. The number of aliphatic hydroxyl groups excluding tert-OH is 1. The Kier molecular flexibility index (Phi) is 7.18. The molecule has 1 saturated heterocycles. The minimum atomic E-state index is 0.0992. The highest BCUT2D eigenvalue weighted by molar-refractivity contribution is 5.56. The van der Waals surface area contributed by atoms with Crippen LogP contribution in [0.15, 0.2) is 42.5 Å². The summed E-state index contributed by atoms with van der Waals surface area (Å²) in [5.41, 5.74) is 3.68. The summed E-state index contributed by atoms with van der Waals surface area (Å²) in [6.07, 6.45) is 2.47. The summed E-state index contributed by atoms with van der Waals surface area (Å²) in [5, 5.41) is 9.54. The molecule has 0 aliphatic carbocycles. The summed E-state index contributed by atoms with van der Waals surface area (Å²) in [4.78, 5) is 4.56. The summed E-state index contributed by atoms with van der Waals surface area (Å²) in [5.74, 6) is 2.07. The number of rotatable bonds is 8. The first-order valence-corrected chi connectivity index (χ1v) is 9.99. The van der Waals surface area contributed by atoms with Gasteiger partial charge < -0.3 is 24.4 Å². The second-order valence-electron chi connectivity index (χ2n) is 7.50. The van der Waals surface area contributed by atoms with Gasteiger partial charge in [0.15, 0.2) is 11.5 Å². The molecule has 1 heterocycles. The Labute approximate surface area is 168 Å². The number of aliphatic hydroxyl groups is 1. The Morgan fingerprint density at radius 3 is 2.29 bits per heavy atom. The quantitative estimate of drug-likeness (QED) is 0.755. The molecule has 1 aliphatic rings. The van der Waals surface area contributed by atoms with E-state index in [0.717, 1.165) is 12.2 Å². The van der Waals surface area contributed by atoms with Crippen LogP contribution >= 0.6 is 0 Å². The van der Waals surface area contributed by atoms with E-state index in [1.165, 1.54) is 37.1 Å². The number of ether oxygens (including phenoxy) is 2. The van der Waals surface area contributed by atoms with Crippen molar-refractivity contribution >= 4 is 5.69 Å². The highest BCUT2D eigenvalue weighted by Crippen LogP contribution is 2.32. The Bertz CT molecular complexity index is 740. The van der Waals surface area contributed by atoms with Crippen molar-refractivity contribution in [3.8, 4) is 11.5 Å². The molecule has 152 valence electrons. The molecule has 1 aliphatic heterocycles. The monoisotopic (exact) mass is 384 g/mol. The van der Waals surface area contributed by atoms with Gasteiger partial charge in [-0.3, -0.25) is 0 Å². The molecule has 0 bridgehead atoms. The van der Waals surface area contributed by atoms with Crippen LogP contribution in [0.2, 0.25) is 0 Å². The van der Waals surface area contributed by atoms with E-state index in [2.05, 4.69) is 41.1 Å². The lowest BCUT2D eigenvalue weighted by molar-refractivity contribution is 0.255. The lowest BCUT2D eigenvalue weighted by atomic mass is 9.89. The first-order chi connectivity index (χ1) is 13.6. The lowest BCUT2D eigenvalue weighted by Crippen LogP contribution is -2.29. The zero-order chi connectivity index (χ0) is 19.9. The third kappa shape index (κ3) is 4.97. The molecule has 1 N–H and O–H groups in total. The standard InChI is InChI=1S/C23H32N2O3/c1-24-12-10-20(11-13-24)19-6-4-18(5-7-19)17-25(14-15-26)21-8-9-22(27-2)23(16-21)28-3/h4-9,16,20,26H,10-15,17H2,1-3H3. The minimum Gasteiger partial charge on any atom is -0.493 e. The number of anilines is 1. The Balaban J connectivity index is 1.72. The molecule has 0 unspecified atom stereocenters. The molecule has 3 rings (SSSR count). The molecular weight excluding hydrogens is 352 g/mol. The van der Waals surface area contributed by atoms with Gasteiger partial charge in [-0.15, -0.1) is 0 Å². The molecule has 0 radical (unpaired) electrons. The van der Waals surface area contributed by atoms with Crippen molar-refractivity contribution < 1.29 is 14.6 Å². The van der Waals surface area contributed by atoms with Crippen molar-refractivity contribution in [2.75, 3.05) is 52.4 Å². The molecule has 0 atom stereocenters. The topological polar surface area (TPSA) is 45.2 Å². The number of hydrogen-bond donors (Lipinski definition) is 1. The maximum absolute atomic E-state index is 9.54. The molecule has 0 aromatic heterocycles. The van der Waals surface area contributed by atoms with E-state index in [4.69, 9.17) is 9.47 Å². The largest absolute Gasteiger partial charge is 0.493 e. The number of likely N-dealkylation sites (tertiary alicyclic amines) is 1. The fraction of sp³-hybridized carbons (Fsp3) is 0.478. The van der Waals surface area contributed by atoms with Gasteiger partial charge in [-0.2, -0.15) is 0 Å². The van der Waals surface area contributed by atoms with Gasteiger partial charge in [-0.05, 0) is 62.2 Å². The van der Waals surface area contributed by atoms with Crippen LogP contribution in [0.25, 0.3) is 0 Å². The average molecular weight is 385 g/mol. The zero-order valence-corrected chi connectivity index (χ0v) is 17.2. The Hall–Kier alpha value is -2.24. The molecule has 0 saturated carbocycles. The zero-order valence-electron chi connectivity index (χ0n) is 17.2. The highest BCUT2D eigenvalue weighted by atomic mass is 16.5. The van der Waals surface area contributed by atoms with Crippen LogP contribution in [0.1, 0.15) is 29.9 Å². The maximum atomic E-state index is 9.54. The van der Waals surface area contributed by atoms with Crippen molar-refractivity contribution in [2.45, 2.75) is 25.3 Å². The second-order valence-corrected chi connectivity index (χ2v) is 7.50. The average Bonchev–Trinajstić information content (AvgIpc) is 2.74. The molecule has 5 heteroatoms. The molecule has 0 spiro atoms. The fourth-order valence-corrected chi connectivity index (χ4v) is 3.90. The third-order valence-electron chi connectivity index (χ3n) is 5.65. The number of piperidine rings is 1. The van der Waals surface area contributed by atoms with E-state index in [-0.39, 0.29) is 6.61 Å². The van der Waals surface area contributed by atoms with Gasteiger partial charge in [0.1, 0.15) is 0 Å². The van der Waals surface area contributed by atoms with Gasteiger partial charge in [0.05, 0.1) is 20.8 Å². The normalized spacial score (nSPS) is 15.4. The summed E-state index contributed by atoms with van der Waals surface area (Å²) in [6.45, 7) is 3.75. The first-order valence-electron chi connectivity index (χ1n) is 9.99. The van der Waals surface area contributed by atoms with Crippen LogP contribution in [-0.2, 0) is 6.54 Å². The highest BCUT2D eigenvalue weighted by Gasteiger charge is 2.18. The number of benzene rings is 2. The van der Waals surface area contributed by atoms with Gasteiger partial charge >= 0.3 is 0 Å². The van der Waals surface area contributed by atoms with Gasteiger partial charge in [-0.25, -0.2) is 0 Å². The molecule has 0 amide bonds. The summed E-state index contributed by atoms with van der Waals surface area (Å²) in [6, 6.07) is 14.9. The van der Waals surface area contributed by atoms with Crippen LogP contribution in [0.4, 0.5) is 5.69 Å². The number of methoxy groups -OCH3 is 2. The second kappa shape index (κ2) is 9.80. The van der Waals surface area contributed by atoms with E-state index in [0.29, 0.717) is 24.0 Å². The van der Waals surface area contributed by atoms with Crippen molar-refractivity contribution in [3.05, 3.63) is 53.6 Å². The molecule has 1 fully saturated rings. The van der Waals surface area contributed by atoms with Gasteiger partial charge in [0.25, 0.3) is 0 Å². The first kappa shape index (κ1) is 20.5. The van der Waals surface area contributed by atoms with Gasteiger partial charge in [0, 0.05) is 24.8 Å². The van der Waals surface area contributed by atoms with E-state index in [1.807, 2.05) is 18.2 Å². The fourth-order valence-electron chi connectivity index (χ4n) is 3.90. The lowest BCUT2D eigenvalue weighted by Gasteiger charge is -2.29. The smallest absolute Gasteiger partial charge is 0.162 e. The van der Waals surface area contributed by atoms with Crippen LogP contribution < -0.4 is 14.4 Å². The van der Waals surface area contributed by atoms with Crippen LogP contribution in [-0.4, -0.2) is 57.5 Å². The Morgan fingerprint density at radius 1 is 1.00 bits per heavy atom. The molecule has 2 aromatic rings. The third-order valence-corrected chi connectivity index (χ3v) is 5.65. The predicted octanol–water partition coefficient (Wildman–Crippen LogP) is 3.51. The van der Waals surface area contributed by atoms with E-state index in [9.17, 15) is 5.11 Å². The van der Waals surface area contributed by atoms with E-state index in [1.54, 1.807) is 14.2 Å². The van der Waals surface area contributed by atoms with Gasteiger partial charge in [0.2, 0.25) is 0 Å². The minimum absolute atomic E-state index is 0.0992. The summed E-state index contributed by atoms with van der Waals surface area (Å²) in [7, 11) is 5.47. The molecular formula is C23H32N2O3. The van der Waals surface area contributed by atoms with Crippen LogP contribution in [0, 0.1) is 0 Å². The molecule has 28 heavy (non-hydrogen) atoms. The van der Waals surface area contributed by atoms with Crippen molar-refractivity contribution in [1.29, 1.82) is 0 Å². The molecule has 5 nitrogen and oxygen atoms in total. The van der Waals surface area contributed by atoms with E-state index >= 15 is 0 Å². The maximum Gasteiger partial charge on any atom is 0.162 e. The van der Waals surface area contributed by atoms with Crippen LogP contribution in [0.5, 0.6) is 11.5 Å². The Morgan fingerprint density at radius 2 is 1.68 bits per heavy atom. The van der Waals surface area contributed by atoms with Crippen molar-refractivity contribution in [1.82, 2.24) is 4.90 Å². The summed E-state index contributed by atoms with van der Waals surface area (Å²) < 4.78 is 10.8. The number of hydrogen-bond acceptors (Lipinski definition) is 5. The SMILES string of the molecule is COc1ccc(N(CCO)Cc2ccc(C3CCN(C)CC3)cc2)cc1OC.